The average molecular weight is 352 g/mol. The Morgan fingerprint density at radius 1 is 1.48 bits per heavy atom. The van der Waals surface area contributed by atoms with Gasteiger partial charge in [-0.25, -0.2) is 8.37 Å². The number of benzene rings is 1. The molecule has 1 aromatic rings. The molecule has 0 spiro atoms. The molecule has 23 heavy (non-hydrogen) atoms. The van der Waals surface area contributed by atoms with Gasteiger partial charge in [0.2, 0.25) is 0 Å². The van der Waals surface area contributed by atoms with Crippen LogP contribution >= 0.6 is 0 Å². The van der Waals surface area contributed by atoms with Gasteiger partial charge in [0.1, 0.15) is 6.61 Å². The number of hydrogen-bond donors (Lipinski definition) is 2. The molecule has 7 nitrogen and oxygen atoms in total. The molecule has 2 N–H and O–H groups in total. The zero-order valence-corrected chi connectivity index (χ0v) is 12.4. The van der Waals surface area contributed by atoms with Crippen molar-refractivity contribution in [2.45, 2.75) is 24.9 Å². The van der Waals surface area contributed by atoms with Crippen LogP contribution in [0.15, 0.2) is 18.2 Å². The Hall–Kier alpha value is -1.87. The highest BCUT2D eigenvalue weighted by Crippen LogP contribution is 2.34. The lowest BCUT2D eigenvalue weighted by atomic mass is 10.0. The van der Waals surface area contributed by atoms with Gasteiger partial charge in [-0.1, -0.05) is 0 Å². The van der Waals surface area contributed by atoms with E-state index in [9.17, 15) is 26.7 Å². The van der Waals surface area contributed by atoms with E-state index < -0.39 is 46.1 Å². The van der Waals surface area contributed by atoms with E-state index in [4.69, 9.17) is 5.26 Å². The Labute approximate surface area is 129 Å². The molecule has 1 aromatic carbocycles. The number of aliphatic hydroxyl groups is 1. The molecule has 0 radical (unpaired) electrons. The maximum Gasteiger partial charge on any atom is 0.417 e. The van der Waals surface area contributed by atoms with Crippen LogP contribution in [0.25, 0.3) is 0 Å². The van der Waals surface area contributed by atoms with Gasteiger partial charge in [0.15, 0.2) is 11.8 Å². The van der Waals surface area contributed by atoms with Gasteiger partial charge in [-0.15, -0.1) is 0 Å². The molecule has 1 aliphatic rings. The van der Waals surface area contributed by atoms with Gasteiger partial charge < -0.3 is 10.4 Å². The Kier molecular flexibility index (Phi) is 4.29. The Balaban J connectivity index is 2.26. The minimum atomic E-state index is -4.76. The van der Waals surface area contributed by atoms with Crippen molar-refractivity contribution in [2.75, 3.05) is 11.9 Å². The molecule has 0 aromatic heterocycles. The predicted octanol–water partition coefficient (Wildman–Crippen LogP) is 1.36. The summed E-state index contributed by atoms with van der Waals surface area (Å²) in [5.41, 5.74) is -3.63. The van der Waals surface area contributed by atoms with E-state index in [-0.39, 0.29) is 5.69 Å². The average Bonchev–Trinajstić information content (AvgIpc) is 2.73. The van der Waals surface area contributed by atoms with Crippen LogP contribution < -0.4 is 5.32 Å². The van der Waals surface area contributed by atoms with Gasteiger partial charge in [-0.2, -0.15) is 26.9 Å². The van der Waals surface area contributed by atoms with Crippen molar-refractivity contribution in [1.29, 1.82) is 5.26 Å². The zero-order chi connectivity index (χ0) is 17.5. The van der Waals surface area contributed by atoms with Crippen molar-refractivity contribution in [3.8, 4) is 6.07 Å². The van der Waals surface area contributed by atoms with E-state index in [1.807, 2.05) is 0 Å². The predicted molar refractivity (Wildman–Crippen MR) is 70.2 cm³/mol. The second-order valence-corrected chi connectivity index (χ2v) is 6.20. The minimum Gasteiger partial charge on any atom is -0.371 e. The third kappa shape index (κ3) is 3.73. The molecule has 1 fully saturated rings. The largest absolute Gasteiger partial charge is 0.417 e. The smallest absolute Gasteiger partial charge is 0.371 e. The van der Waals surface area contributed by atoms with Crippen molar-refractivity contribution in [2.24, 2.45) is 0 Å². The first-order valence-corrected chi connectivity index (χ1v) is 7.46. The molecule has 1 heterocycles. The number of hydrogen-bond acceptors (Lipinski definition) is 7. The maximum absolute atomic E-state index is 12.9. The van der Waals surface area contributed by atoms with Gasteiger partial charge >= 0.3 is 16.6 Å². The molecular formula is C12H11F3N2O5S. The van der Waals surface area contributed by atoms with E-state index in [1.165, 1.54) is 13.0 Å². The normalized spacial score (nSPS) is 24.9. The monoisotopic (exact) mass is 352 g/mol. The quantitative estimate of drug-likeness (QED) is 0.791. The fourth-order valence-corrected chi connectivity index (χ4v) is 2.90. The van der Waals surface area contributed by atoms with E-state index in [1.54, 1.807) is 0 Å². The molecule has 1 aliphatic heterocycles. The molecule has 1 saturated heterocycles. The fourth-order valence-electron chi connectivity index (χ4n) is 1.87. The highest BCUT2D eigenvalue weighted by atomic mass is 32.3. The van der Waals surface area contributed by atoms with Crippen LogP contribution in [-0.4, -0.2) is 32.0 Å². The summed E-state index contributed by atoms with van der Waals surface area (Å²) in [5, 5.41) is 21.0. The van der Waals surface area contributed by atoms with Crippen LogP contribution in [0, 0.1) is 11.3 Å². The summed E-state index contributed by atoms with van der Waals surface area (Å²) < 4.78 is 69.7. The van der Waals surface area contributed by atoms with E-state index >= 15 is 0 Å². The Bertz CT molecular complexity index is 759. The van der Waals surface area contributed by atoms with Crippen LogP contribution in [0.2, 0.25) is 0 Å². The van der Waals surface area contributed by atoms with Crippen molar-refractivity contribution >= 4 is 16.1 Å². The third-order valence-electron chi connectivity index (χ3n) is 3.11. The zero-order valence-electron chi connectivity index (χ0n) is 11.6. The topological polar surface area (TPSA) is 109 Å². The van der Waals surface area contributed by atoms with Crippen molar-refractivity contribution in [1.82, 2.24) is 0 Å². The molecule has 2 rings (SSSR count). The molecule has 0 saturated carbocycles. The van der Waals surface area contributed by atoms with Crippen molar-refractivity contribution < 1.29 is 35.1 Å². The summed E-state index contributed by atoms with van der Waals surface area (Å²) in [6, 6.07) is 4.13. The van der Waals surface area contributed by atoms with Crippen molar-refractivity contribution in [3.05, 3.63) is 29.3 Å². The van der Waals surface area contributed by atoms with Crippen molar-refractivity contribution in [3.63, 3.8) is 0 Å². The second kappa shape index (κ2) is 5.64. The lowest BCUT2D eigenvalue weighted by molar-refractivity contribution is -0.137. The SMILES string of the molecule is CC1(C(O)Nc2ccc(C#N)c(C(F)(F)F)c2)COS(=O)(=O)O1. The highest BCUT2D eigenvalue weighted by Gasteiger charge is 2.47. The van der Waals surface area contributed by atoms with Crippen LogP contribution in [0.5, 0.6) is 0 Å². The van der Waals surface area contributed by atoms with Crippen LogP contribution in [-0.2, 0) is 24.9 Å². The van der Waals surface area contributed by atoms with E-state index in [0.29, 0.717) is 6.07 Å². The lowest BCUT2D eigenvalue weighted by Gasteiger charge is -2.27. The Morgan fingerprint density at radius 2 is 2.13 bits per heavy atom. The van der Waals surface area contributed by atoms with Gasteiger partial charge in [-0.05, 0) is 25.1 Å². The number of halogens is 3. The van der Waals surface area contributed by atoms with Crippen LogP contribution in [0.4, 0.5) is 18.9 Å². The summed E-state index contributed by atoms with van der Waals surface area (Å²) in [4.78, 5) is 0. The number of nitrogens with zero attached hydrogens (tertiary/aromatic N) is 1. The van der Waals surface area contributed by atoms with Gasteiger partial charge in [0.05, 0.1) is 17.2 Å². The van der Waals surface area contributed by atoms with Gasteiger partial charge in [0.25, 0.3) is 0 Å². The Morgan fingerprint density at radius 3 is 2.61 bits per heavy atom. The van der Waals surface area contributed by atoms with Crippen LogP contribution in [0.1, 0.15) is 18.1 Å². The summed E-state index contributed by atoms with van der Waals surface area (Å²) in [5.74, 6) is 0. The lowest BCUT2D eigenvalue weighted by Crippen LogP contribution is -2.46. The molecule has 126 valence electrons. The molecule has 2 unspecified atom stereocenters. The first-order chi connectivity index (χ1) is 10.5. The summed E-state index contributed by atoms with van der Waals surface area (Å²) >= 11 is 0. The van der Waals surface area contributed by atoms with Gasteiger partial charge in [-0.3, -0.25) is 0 Å². The summed E-state index contributed by atoms with van der Waals surface area (Å²) in [6.45, 7) is 0.704. The molecule has 0 amide bonds. The molecule has 2 atom stereocenters. The van der Waals surface area contributed by atoms with E-state index in [0.717, 1.165) is 12.1 Å². The molecule has 0 bridgehead atoms. The first kappa shape index (κ1) is 17.5. The molecule has 0 aliphatic carbocycles. The number of rotatable bonds is 3. The van der Waals surface area contributed by atoms with Crippen LogP contribution in [0.3, 0.4) is 0 Å². The number of alkyl halides is 3. The summed E-state index contributed by atoms with van der Waals surface area (Å²) in [7, 11) is -4.26. The number of nitriles is 1. The number of aliphatic hydroxyl groups excluding tert-OH is 1. The standard InChI is InChI=1S/C12H11F3N2O5S/c1-11(6-21-23(19,20)22-11)10(18)17-8-3-2-7(5-16)9(4-8)12(13,14)15/h2-4,10,17-18H,6H2,1H3. The highest BCUT2D eigenvalue weighted by molar-refractivity contribution is 7.82. The first-order valence-electron chi connectivity index (χ1n) is 6.13. The van der Waals surface area contributed by atoms with Gasteiger partial charge in [0, 0.05) is 5.69 Å². The molecular weight excluding hydrogens is 341 g/mol. The van der Waals surface area contributed by atoms with E-state index in [2.05, 4.69) is 13.7 Å². The maximum atomic E-state index is 12.9. The summed E-state index contributed by atoms with van der Waals surface area (Å²) in [6.07, 6.45) is -6.43. The minimum absolute atomic E-state index is 0.169. The second-order valence-electron chi connectivity index (χ2n) is 4.98. The third-order valence-corrected chi connectivity index (χ3v) is 4.10. The molecule has 11 heteroatoms. The number of nitrogens with one attached hydrogen (secondary N) is 1. The number of anilines is 1. The fraction of sp³-hybridized carbons (Fsp3) is 0.417.